The van der Waals surface area contributed by atoms with Crippen LogP contribution in [0.5, 0.6) is 0 Å². The Morgan fingerprint density at radius 2 is 2.11 bits per heavy atom. The van der Waals surface area contributed by atoms with E-state index in [1.165, 1.54) is 12.1 Å². The highest BCUT2D eigenvalue weighted by molar-refractivity contribution is 6.30. The fourth-order valence-corrected chi connectivity index (χ4v) is 1.91. The van der Waals surface area contributed by atoms with Crippen molar-refractivity contribution in [3.05, 3.63) is 47.3 Å². The zero-order valence-corrected chi connectivity index (χ0v) is 11.3. The van der Waals surface area contributed by atoms with Crippen LogP contribution in [0.15, 0.2) is 30.7 Å². The summed E-state index contributed by atoms with van der Waals surface area (Å²) in [5.41, 5.74) is 0.954. The standard InChI is InChI=1S/C13H15ClFN3/c1-13(2,16-3)12-7-17-8-18(12)11-6-9(14)4-5-10(11)15/h4-8,16H,1-3H3. The lowest BCUT2D eigenvalue weighted by molar-refractivity contribution is 0.423. The Morgan fingerprint density at radius 1 is 1.39 bits per heavy atom. The molecule has 0 aliphatic carbocycles. The molecule has 0 aliphatic heterocycles. The van der Waals surface area contributed by atoms with Gasteiger partial charge in [0.2, 0.25) is 0 Å². The molecular weight excluding hydrogens is 253 g/mol. The lowest BCUT2D eigenvalue weighted by Crippen LogP contribution is -2.35. The van der Waals surface area contributed by atoms with E-state index in [4.69, 9.17) is 11.6 Å². The number of hydrogen-bond donors (Lipinski definition) is 1. The molecule has 1 N–H and O–H groups in total. The summed E-state index contributed by atoms with van der Waals surface area (Å²) in [6.45, 7) is 4.01. The lowest BCUT2D eigenvalue weighted by atomic mass is 10.0. The van der Waals surface area contributed by atoms with Gasteiger partial charge >= 0.3 is 0 Å². The number of imidazole rings is 1. The first-order valence-electron chi connectivity index (χ1n) is 5.63. The van der Waals surface area contributed by atoms with Crippen molar-refractivity contribution in [3.63, 3.8) is 0 Å². The van der Waals surface area contributed by atoms with E-state index in [0.29, 0.717) is 10.7 Å². The number of benzene rings is 1. The van der Waals surface area contributed by atoms with Crippen molar-refractivity contribution in [1.82, 2.24) is 14.9 Å². The van der Waals surface area contributed by atoms with Crippen LogP contribution >= 0.6 is 11.6 Å². The monoisotopic (exact) mass is 267 g/mol. The molecule has 1 heterocycles. The van der Waals surface area contributed by atoms with Gasteiger partial charge in [-0.3, -0.25) is 4.57 Å². The Bertz CT molecular complexity index is 563. The molecular formula is C13H15ClFN3. The molecule has 0 radical (unpaired) electrons. The van der Waals surface area contributed by atoms with Gasteiger partial charge in [0.25, 0.3) is 0 Å². The van der Waals surface area contributed by atoms with Crippen LogP contribution in [0.3, 0.4) is 0 Å². The van der Waals surface area contributed by atoms with Crippen molar-refractivity contribution in [2.45, 2.75) is 19.4 Å². The maximum absolute atomic E-state index is 13.9. The molecule has 1 aromatic carbocycles. The van der Waals surface area contributed by atoms with Gasteiger partial charge in [0.1, 0.15) is 5.82 Å². The van der Waals surface area contributed by atoms with Crippen LogP contribution in [0, 0.1) is 5.82 Å². The highest BCUT2D eigenvalue weighted by Gasteiger charge is 2.23. The summed E-state index contributed by atoms with van der Waals surface area (Å²) < 4.78 is 15.6. The Balaban J connectivity index is 2.59. The third-order valence-electron chi connectivity index (χ3n) is 3.07. The van der Waals surface area contributed by atoms with Crippen molar-refractivity contribution in [2.75, 3.05) is 7.05 Å². The molecule has 5 heteroatoms. The molecule has 18 heavy (non-hydrogen) atoms. The average Bonchev–Trinajstić information content (AvgIpc) is 2.82. The van der Waals surface area contributed by atoms with Crippen molar-refractivity contribution in [3.8, 4) is 5.69 Å². The molecule has 96 valence electrons. The van der Waals surface area contributed by atoms with Crippen LogP contribution in [-0.4, -0.2) is 16.6 Å². The van der Waals surface area contributed by atoms with Crippen molar-refractivity contribution in [2.24, 2.45) is 0 Å². The Morgan fingerprint density at radius 3 is 2.78 bits per heavy atom. The molecule has 1 aromatic heterocycles. The maximum Gasteiger partial charge on any atom is 0.147 e. The van der Waals surface area contributed by atoms with E-state index in [1.807, 2.05) is 20.9 Å². The van der Waals surface area contributed by atoms with Gasteiger partial charge in [0, 0.05) is 5.02 Å². The summed E-state index contributed by atoms with van der Waals surface area (Å²) in [7, 11) is 1.85. The molecule has 0 saturated carbocycles. The van der Waals surface area contributed by atoms with E-state index < -0.39 is 0 Å². The van der Waals surface area contributed by atoms with E-state index in [1.54, 1.807) is 23.2 Å². The lowest BCUT2D eigenvalue weighted by Gasteiger charge is -2.25. The average molecular weight is 268 g/mol. The molecule has 0 aliphatic rings. The fourth-order valence-electron chi connectivity index (χ4n) is 1.75. The molecule has 0 spiro atoms. The van der Waals surface area contributed by atoms with Crippen LogP contribution in [0.25, 0.3) is 5.69 Å². The highest BCUT2D eigenvalue weighted by Crippen LogP contribution is 2.25. The predicted molar refractivity (Wildman–Crippen MR) is 70.6 cm³/mol. The minimum absolute atomic E-state index is 0.314. The Hall–Kier alpha value is -1.39. The summed E-state index contributed by atoms with van der Waals surface area (Å²) in [6, 6.07) is 4.47. The molecule has 0 unspecified atom stereocenters. The number of rotatable bonds is 3. The second-order valence-corrected chi connectivity index (χ2v) is 5.06. The van der Waals surface area contributed by atoms with E-state index >= 15 is 0 Å². The SMILES string of the molecule is CNC(C)(C)c1cncn1-c1cc(Cl)ccc1F. The molecule has 2 aromatic rings. The molecule has 0 atom stereocenters. The van der Waals surface area contributed by atoms with Crippen LogP contribution in [-0.2, 0) is 5.54 Å². The number of nitrogens with one attached hydrogen (secondary N) is 1. The summed E-state index contributed by atoms with van der Waals surface area (Å²) in [4.78, 5) is 4.10. The minimum Gasteiger partial charge on any atom is -0.310 e. The van der Waals surface area contributed by atoms with E-state index in [0.717, 1.165) is 5.69 Å². The zero-order valence-electron chi connectivity index (χ0n) is 10.5. The van der Waals surface area contributed by atoms with Gasteiger partial charge in [-0.1, -0.05) is 11.6 Å². The van der Waals surface area contributed by atoms with Gasteiger partial charge in [0.05, 0.1) is 29.4 Å². The Labute approximate surface area is 111 Å². The van der Waals surface area contributed by atoms with Gasteiger partial charge in [0.15, 0.2) is 0 Å². The minimum atomic E-state index is -0.328. The highest BCUT2D eigenvalue weighted by atomic mass is 35.5. The third kappa shape index (κ3) is 2.26. The second kappa shape index (κ2) is 4.71. The number of nitrogens with zero attached hydrogens (tertiary/aromatic N) is 2. The number of hydrogen-bond acceptors (Lipinski definition) is 2. The quantitative estimate of drug-likeness (QED) is 0.926. The molecule has 0 bridgehead atoms. The molecule has 0 fully saturated rings. The van der Waals surface area contributed by atoms with Gasteiger partial charge in [-0.2, -0.15) is 0 Å². The topological polar surface area (TPSA) is 29.9 Å². The largest absolute Gasteiger partial charge is 0.310 e. The number of halogens is 2. The van der Waals surface area contributed by atoms with Crippen LogP contribution in [0.1, 0.15) is 19.5 Å². The summed E-state index contributed by atoms with van der Waals surface area (Å²) in [6.07, 6.45) is 3.31. The smallest absolute Gasteiger partial charge is 0.147 e. The van der Waals surface area contributed by atoms with Crippen molar-refractivity contribution in [1.29, 1.82) is 0 Å². The maximum atomic E-state index is 13.9. The van der Waals surface area contributed by atoms with E-state index in [2.05, 4.69) is 10.3 Å². The number of aromatic nitrogens is 2. The first-order valence-corrected chi connectivity index (χ1v) is 6.00. The van der Waals surface area contributed by atoms with E-state index in [9.17, 15) is 4.39 Å². The van der Waals surface area contributed by atoms with Crippen LogP contribution in [0.2, 0.25) is 5.02 Å². The zero-order chi connectivity index (χ0) is 13.3. The molecule has 2 rings (SSSR count). The van der Waals surface area contributed by atoms with Gasteiger partial charge in [-0.05, 0) is 39.1 Å². The predicted octanol–water partition coefficient (Wildman–Crippen LogP) is 3.12. The molecule has 0 amide bonds. The van der Waals surface area contributed by atoms with Gasteiger partial charge in [-0.25, -0.2) is 9.37 Å². The first-order chi connectivity index (χ1) is 8.45. The van der Waals surface area contributed by atoms with Crippen LogP contribution in [0.4, 0.5) is 4.39 Å². The molecule has 0 saturated heterocycles. The van der Waals surface area contributed by atoms with Gasteiger partial charge < -0.3 is 5.32 Å². The van der Waals surface area contributed by atoms with E-state index in [-0.39, 0.29) is 11.4 Å². The summed E-state index contributed by atoms with van der Waals surface area (Å²) in [5.74, 6) is -0.328. The molecule has 3 nitrogen and oxygen atoms in total. The second-order valence-electron chi connectivity index (χ2n) is 4.62. The first kappa shape index (κ1) is 13.1. The van der Waals surface area contributed by atoms with Crippen molar-refractivity contribution >= 4 is 11.6 Å². The van der Waals surface area contributed by atoms with Gasteiger partial charge in [-0.15, -0.1) is 0 Å². The third-order valence-corrected chi connectivity index (χ3v) is 3.31. The fraction of sp³-hybridized carbons (Fsp3) is 0.308. The van der Waals surface area contributed by atoms with Crippen molar-refractivity contribution < 1.29 is 4.39 Å². The van der Waals surface area contributed by atoms with Crippen LogP contribution < -0.4 is 5.32 Å². The summed E-state index contributed by atoms with van der Waals surface area (Å²) in [5, 5.41) is 3.67. The summed E-state index contributed by atoms with van der Waals surface area (Å²) >= 11 is 5.92. The Kier molecular flexibility index (Phi) is 3.41. The normalized spacial score (nSPS) is 11.8.